The van der Waals surface area contributed by atoms with E-state index in [2.05, 4.69) is 16.7 Å². The molecule has 2 aromatic rings. The van der Waals surface area contributed by atoms with Gasteiger partial charge < -0.3 is 19.8 Å². The van der Waals surface area contributed by atoms with E-state index in [1.807, 2.05) is 37.3 Å². The number of nitrogens with zero attached hydrogens (tertiary/aromatic N) is 1. The van der Waals surface area contributed by atoms with E-state index in [1.165, 1.54) is 0 Å². The second kappa shape index (κ2) is 10.2. The molecule has 0 spiro atoms. The van der Waals surface area contributed by atoms with Crippen molar-refractivity contribution in [1.82, 2.24) is 10.6 Å². The second-order valence-corrected chi connectivity index (χ2v) is 5.66. The Labute approximate surface area is 147 Å². The molecule has 2 rings (SSSR count). The van der Waals surface area contributed by atoms with Crippen LogP contribution in [0.1, 0.15) is 31.1 Å². The number of ether oxygens (including phenoxy) is 1. The van der Waals surface area contributed by atoms with Crippen molar-refractivity contribution in [2.75, 3.05) is 6.61 Å². The summed E-state index contributed by atoms with van der Waals surface area (Å²) in [6.45, 7) is 3.28. The number of benzene rings is 1. The van der Waals surface area contributed by atoms with Gasteiger partial charge in [0.2, 0.25) is 5.91 Å². The maximum absolute atomic E-state index is 12.1. The average Bonchev–Trinajstić information content (AvgIpc) is 3.15. The summed E-state index contributed by atoms with van der Waals surface area (Å²) in [6.07, 6.45) is 2.79. The summed E-state index contributed by atoms with van der Waals surface area (Å²) in [6, 6.07) is 13.1. The lowest BCUT2D eigenvalue weighted by Gasteiger charge is -2.14. The zero-order chi connectivity index (χ0) is 17.9. The number of rotatable bonds is 10. The number of unbranched alkanes of at least 4 members (excludes halogenated alkanes) is 1. The van der Waals surface area contributed by atoms with Crippen molar-refractivity contribution < 1.29 is 13.9 Å². The fraction of sp³-hybridized carbons (Fsp3) is 0.368. The van der Waals surface area contributed by atoms with Crippen LogP contribution in [0.5, 0.6) is 5.75 Å². The second-order valence-electron chi connectivity index (χ2n) is 5.66. The molecule has 0 fully saturated rings. The summed E-state index contributed by atoms with van der Waals surface area (Å²) in [5.41, 5.74) is 1.03. The SMILES string of the molecule is CC(NCc1cccc(OCCCC#N)c1)C(=O)NCc1ccco1. The Morgan fingerprint density at radius 2 is 2.20 bits per heavy atom. The molecule has 6 heteroatoms. The molecule has 1 aromatic carbocycles. The predicted molar refractivity (Wildman–Crippen MR) is 93.6 cm³/mol. The van der Waals surface area contributed by atoms with Crippen LogP contribution in [0.2, 0.25) is 0 Å². The summed E-state index contributed by atoms with van der Waals surface area (Å²) in [7, 11) is 0. The maximum atomic E-state index is 12.1. The van der Waals surface area contributed by atoms with Gasteiger partial charge in [-0.05, 0) is 43.2 Å². The van der Waals surface area contributed by atoms with Crippen molar-refractivity contribution in [3.05, 3.63) is 54.0 Å². The normalized spacial score (nSPS) is 11.5. The number of hydrogen-bond donors (Lipinski definition) is 2. The van der Waals surface area contributed by atoms with Crippen LogP contribution in [-0.4, -0.2) is 18.6 Å². The van der Waals surface area contributed by atoms with Crippen LogP contribution in [0, 0.1) is 11.3 Å². The standard InChI is InChI=1S/C19H23N3O3/c1-15(19(23)22-14-18-8-5-11-25-18)21-13-16-6-4-7-17(12-16)24-10-3-2-9-20/h4-8,11-12,15,21H,2-3,10,13-14H2,1H3,(H,22,23). The lowest BCUT2D eigenvalue weighted by molar-refractivity contribution is -0.123. The van der Waals surface area contributed by atoms with Gasteiger partial charge in [-0.3, -0.25) is 4.79 Å². The van der Waals surface area contributed by atoms with Gasteiger partial charge in [0.1, 0.15) is 11.5 Å². The molecule has 0 aliphatic rings. The lowest BCUT2D eigenvalue weighted by Crippen LogP contribution is -2.41. The zero-order valence-corrected chi connectivity index (χ0v) is 14.3. The van der Waals surface area contributed by atoms with Crippen molar-refractivity contribution in [1.29, 1.82) is 5.26 Å². The van der Waals surface area contributed by atoms with Gasteiger partial charge in [0.15, 0.2) is 0 Å². The number of amides is 1. The zero-order valence-electron chi connectivity index (χ0n) is 14.3. The summed E-state index contributed by atoms with van der Waals surface area (Å²) in [4.78, 5) is 12.1. The molecule has 0 saturated carbocycles. The summed E-state index contributed by atoms with van der Waals surface area (Å²) in [5.74, 6) is 1.41. The third kappa shape index (κ3) is 6.69. The monoisotopic (exact) mass is 341 g/mol. The highest BCUT2D eigenvalue weighted by molar-refractivity contribution is 5.81. The van der Waals surface area contributed by atoms with Gasteiger partial charge in [0, 0.05) is 13.0 Å². The number of furan rings is 1. The van der Waals surface area contributed by atoms with Crippen LogP contribution in [0.15, 0.2) is 47.1 Å². The number of nitrogens with one attached hydrogen (secondary N) is 2. The maximum Gasteiger partial charge on any atom is 0.237 e. The van der Waals surface area contributed by atoms with Crippen molar-refractivity contribution in [2.45, 2.75) is 38.9 Å². The number of carbonyl (C=O) groups is 1. The predicted octanol–water partition coefficient (Wildman–Crippen LogP) is 2.76. The van der Waals surface area contributed by atoms with E-state index in [9.17, 15) is 4.79 Å². The smallest absolute Gasteiger partial charge is 0.237 e. The van der Waals surface area contributed by atoms with Crippen molar-refractivity contribution in [3.8, 4) is 11.8 Å². The van der Waals surface area contributed by atoms with E-state index >= 15 is 0 Å². The van der Waals surface area contributed by atoms with Crippen molar-refractivity contribution in [2.24, 2.45) is 0 Å². The van der Waals surface area contributed by atoms with Gasteiger partial charge >= 0.3 is 0 Å². The van der Waals surface area contributed by atoms with E-state index < -0.39 is 0 Å². The molecule has 6 nitrogen and oxygen atoms in total. The molecular weight excluding hydrogens is 318 g/mol. The molecule has 0 aliphatic heterocycles. The van der Waals surface area contributed by atoms with Crippen LogP contribution < -0.4 is 15.4 Å². The molecule has 1 heterocycles. The van der Waals surface area contributed by atoms with Crippen molar-refractivity contribution >= 4 is 5.91 Å². The molecule has 0 radical (unpaired) electrons. The Balaban J connectivity index is 1.74. The van der Waals surface area contributed by atoms with Gasteiger partial charge in [-0.2, -0.15) is 5.26 Å². The molecule has 1 amide bonds. The van der Waals surface area contributed by atoms with Crippen LogP contribution in [0.4, 0.5) is 0 Å². The largest absolute Gasteiger partial charge is 0.494 e. The van der Waals surface area contributed by atoms with Crippen LogP contribution in [0.3, 0.4) is 0 Å². The Morgan fingerprint density at radius 1 is 1.32 bits per heavy atom. The minimum atomic E-state index is -0.324. The fourth-order valence-corrected chi connectivity index (χ4v) is 2.19. The molecule has 1 unspecified atom stereocenters. The Hall–Kier alpha value is -2.78. The first-order valence-corrected chi connectivity index (χ1v) is 8.31. The first kappa shape index (κ1) is 18.6. The first-order valence-electron chi connectivity index (χ1n) is 8.31. The Kier molecular flexibility index (Phi) is 7.54. The molecule has 1 aromatic heterocycles. The molecular formula is C19H23N3O3. The molecule has 0 saturated heterocycles. The number of carbonyl (C=O) groups excluding carboxylic acids is 1. The van der Waals surface area contributed by atoms with E-state index in [0.717, 1.165) is 17.1 Å². The van der Waals surface area contributed by atoms with Gasteiger partial charge in [-0.1, -0.05) is 12.1 Å². The van der Waals surface area contributed by atoms with E-state index in [0.29, 0.717) is 32.5 Å². The third-order valence-electron chi connectivity index (χ3n) is 3.62. The number of nitriles is 1. The van der Waals surface area contributed by atoms with Gasteiger partial charge in [-0.15, -0.1) is 0 Å². The van der Waals surface area contributed by atoms with Gasteiger partial charge in [-0.25, -0.2) is 0 Å². The molecule has 0 bridgehead atoms. The number of hydrogen-bond acceptors (Lipinski definition) is 5. The van der Waals surface area contributed by atoms with Crippen LogP contribution in [-0.2, 0) is 17.9 Å². The molecule has 2 N–H and O–H groups in total. The minimum absolute atomic E-state index is 0.0830. The average molecular weight is 341 g/mol. The molecule has 132 valence electrons. The summed E-state index contributed by atoms with van der Waals surface area (Å²) >= 11 is 0. The first-order chi connectivity index (χ1) is 12.2. The van der Waals surface area contributed by atoms with Crippen molar-refractivity contribution in [3.63, 3.8) is 0 Å². The Morgan fingerprint density at radius 3 is 2.96 bits per heavy atom. The fourth-order valence-electron chi connectivity index (χ4n) is 2.19. The highest BCUT2D eigenvalue weighted by Gasteiger charge is 2.12. The minimum Gasteiger partial charge on any atom is -0.494 e. The lowest BCUT2D eigenvalue weighted by atomic mass is 10.2. The van der Waals surface area contributed by atoms with Crippen LogP contribution in [0.25, 0.3) is 0 Å². The summed E-state index contributed by atoms with van der Waals surface area (Å²) < 4.78 is 10.8. The molecule has 0 aliphatic carbocycles. The van der Waals surface area contributed by atoms with E-state index in [4.69, 9.17) is 14.4 Å². The van der Waals surface area contributed by atoms with Crippen LogP contribution >= 0.6 is 0 Å². The highest BCUT2D eigenvalue weighted by atomic mass is 16.5. The molecule has 1 atom stereocenters. The van der Waals surface area contributed by atoms with E-state index in [1.54, 1.807) is 12.3 Å². The quantitative estimate of drug-likeness (QED) is 0.649. The van der Waals surface area contributed by atoms with Gasteiger partial charge in [0.25, 0.3) is 0 Å². The third-order valence-corrected chi connectivity index (χ3v) is 3.62. The van der Waals surface area contributed by atoms with E-state index in [-0.39, 0.29) is 11.9 Å². The topological polar surface area (TPSA) is 87.3 Å². The summed E-state index contributed by atoms with van der Waals surface area (Å²) in [5, 5.41) is 14.5. The van der Waals surface area contributed by atoms with Gasteiger partial charge in [0.05, 0.1) is 31.5 Å². The Bertz CT molecular complexity index is 692. The molecule has 25 heavy (non-hydrogen) atoms. The highest BCUT2D eigenvalue weighted by Crippen LogP contribution is 2.14.